The predicted octanol–water partition coefficient (Wildman–Crippen LogP) is 1.83. The second kappa shape index (κ2) is 5.70. The number of H-pyrrole nitrogens is 1. The first-order valence-corrected chi connectivity index (χ1v) is 7.73. The fraction of sp³-hybridized carbons (Fsp3) is 0.250. The first-order valence-electron chi connectivity index (χ1n) is 6.93. The fourth-order valence-electron chi connectivity index (χ4n) is 2.73. The number of benzene rings is 1. The molecule has 3 rings (SSSR count). The van der Waals surface area contributed by atoms with Crippen LogP contribution in [-0.4, -0.2) is 22.1 Å². The highest BCUT2D eigenvalue weighted by Crippen LogP contribution is 2.31. The molecule has 2 atom stereocenters. The normalized spacial score (nSPS) is 19.8. The van der Waals surface area contributed by atoms with E-state index in [1.54, 1.807) is 6.92 Å². The van der Waals surface area contributed by atoms with Gasteiger partial charge in [-0.3, -0.25) is 9.59 Å². The van der Waals surface area contributed by atoms with E-state index in [9.17, 15) is 14.7 Å². The number of hydrogen-bond donors (Lipinski definition) is 3. The van der Waals surface area contributed by atoms with Gasteiger partial charge in [-0.25, -0.2) is 0 Å². The number of aryl methyl sites for hydroxylation is 1. The number of rotatable bonds is 2. The first-order chi connectivity index (χ1) is 10.5. The van der Waals surface area contributed by atoms with Crippen LogP contribution in [0.5, 0.6) is 0 Å². The molecular formula is C16H15BrN2O3. The molecule has 1 aliphatic rings. The molecule has 5 nitrogen and oxygen atoms in total. The summed E-state index contributed by atoms with van der Waals surface area (Å²) < 4.78 is 0.340. The zero-order valence-corrected chi connectivity index (χ0v) is 13.5. The van der Waals surface area contributed by atoms with Gasteiger partial charge in [0, 0.05) is 18.3 Å². The molecule has 1 aromatic heterocycles. The van der Waals surface area contributed by atoms with Crippen molar-refractivity contribution in [3.8, 4) is 0 Å². The van der Waals surface area contributed by atoms with Crippen LogP contribution in [0.3, 0.4) is 0 Å². The number of aromatic amines is 1. The van der Waals surface area contributed by atoms with Gasteiger partial charge in [-0.15, -0.1) is 0 Å². The summed E-state index contributed by atoms with van der Waals surface area (Å²) in [5, 5.41) is 12.9. The largest absolute Gasteiger partial charge is 0.390 e. The quantitative estimate of drug-likeness (QED) is 0.762. The van der Waals surface area contributed by atoms with Crippen LogP contribution in [0.2, 0.25) is 0 Å². The summed E-state index contributed by atoms with van der Waals surface area (Å²) in [6.07, 6.45) is 1.20. The minimum absolute atomic E-state index is 0.0223. The second-order valence-electron chi connectivity index (χ2n) is 5.39. The molecule has 6 heteroatoms. The lowest BCUT2D eigenvalue weighted by molar-refractivity contribution is 0.0856. The highest BCUT2D eigenvalue weighted by atomic mass is 79.9. The summed E-state index contributed by atoms with van der Waals surface area (Å²) in [6, 6.07) is 7.08. The molecule has 0 saturated heterocycles. The number of halogens is 1. The molecular weight excluding hydrogens is 348 g/mol. The van der Waals surface area contributed by atoms with Crippen LogP contribution in [0.15, 0.2) is 39.7 Å². The monoisotopic (exact) mass is 362 g/mol. The van der Waals surface area contributed by atoms with Crippen LogP contribution in [0.1, 0.15) is 33.2 Å². The molecule has 1 aliphatic carbocycles. The molecule has 0 fully saturated rings. The summed E-state index contributed by atoms with van der Waals surface area (Å²) in [5.41, 5.74) is 2.22. The van der Waals surface area contributed by atoms with Crippen LogP contribution in [0.25, 0.3) is 0 Å². The van der Waals surface area contributed by atoms with Crippen molar-refractivity contribution < 1.29 is 9.90 Å². The van der Waals surface area contributed by atoms with Gasteiger partial charge in [0.2, 0.25) is 5.43 Å². The summed E-state index contributed by atoms with van der Waals surface area (Å²) in [7, 11) is 0. The Morgan fingerprint density at radius 1 is 1.41 bits per heavy atom. The number of hydrogen-bond acceptors (Lipinski definition) is 3. The first kappa shape index (κ1) is 15.0. The van der Waals surface area contributed by atoms with Gasteiger partial charge in [-0.1, -0.05) is 24.3 Å². The van der Waals surface area contributed by atoms with Crippen LogP contribution < -0.4 is 10.7 Å². The van der Waals surface area contributed by atoms with Gasteiger partial charge in [0.05, 0.1) is 16.6 Å². The average Bonchev–Trinajstić information content (AvgIpc) is 2.81. The maximum Gasteiger partial charge on any atom is 0.257 e. The molecule has 0 unspecified atom stereocenters. The van der Waals surface area contributed by atoms with E-state index in [1.165, 1.54) is 6.20 Å². The molecule has 2 aromatic rings. The van der Waals surface area contributed by atoms with Gasteiger partial charge in [-0.05, 0) is 34.0 Å². The summed E-state index contributed by atoms with van der Waals surface area (Å²) in [6.45, 7) is 1.74. The van der Waals surface area contributed by atoms with Gasteiger partial charge in [0.25, 0.3) is 5.91 Å². The average molecular weight is 363 g/mol. The summed E-state index contributed by atoms with van der Waals surface area (Å²) >= 11 is 3.18. The maximum absolute atomic E-state index is 12.4. The number of carbonyl (C=O) groups excluding carboxylic acids is 1. The highest BCUT2D eigenvalue weighted by Gasteiger charge is 2.32. The number of aliphatic hydroxyl groups excluding tert-OH is 1. The van der Waals surface area contributed by atoms with Crippen molar-refractivity contribution in [1.29, 1.82) is 0 Å². The lowest BCUT2D eigenvalue weighted by atomic mass is 10.1. The predicted molar refractivity (Wildman–Crippen MR) is 85.9 cm³/mol. The van der Waals surface area contributed by atoms with Gasteiger partial charge < -0.3 is 15.4 Å². The lowest BCUT2D eigenvalue weighted by Crippen LogP contribution is -2.36. The SMILES string of the molecule is Cc1[nH]cc(C(=O)N[C@@H]2c3ccccc3C[C@H]2O)c(=O)c1Br. The highest BCUT2D eigenvalue weighted by molar-refractivity contribution is 9.10. The molecule has 1 amide bonds. The number of amides is 1. The zero-order valence-electron chi connectivity index (χ0n) is 11.9. The molecule has 1 heterocycles. The molecule has 22 heavy (non-hydrogen) atoms. The van der Waals surface area contributed by atoms with Crippen molar-refractivity contribution in [3.63, 3.8) is 0 Å². The van der Waals surface area contributed by atoms with E-state index in [1.807, 2.05) is 24.3 Å². The van der Waals surface area contributed by atoms with Crippen molar-refractivity contribution in [2.24, 2.45) is 0 Å². The Bertz CT molecular complexity index is 800. The standard InChI is InChI=1S/C16H15BrN2O3/c1-8-13(17)15(21)11(7-18-8)16(22)19-14-10-5-3-2-4-9(10)6-12(14)20/h2-5,7,12,14,20H,6H2,1H3,(H,18,21)(H,19,22)/t12-,14-/m1/s1. The van der Waals surface area contributed by atoms with Crippen molar-refractivity contribution in [2.75, 3.05) is 0 Å². The lowest BCUT2D eigenvalue weighted by Gasteiger charge is -2.18. The van der Waals surface area contributed by atoms with E-state index in [4.69, 9.17) is 0 Å². The molecule has 0 saturated carbocycles. The third kappa shape index (κ3) is 2.48. The molecule has 0 bridgehead atoms. The van der Waals surface area contributed by atoms with Crippen molar-refractivity contribution >= 4 is 21.8 Å². The van der Waals surface area contributed by atoms with Crippen LogP contribution in [0, 0.1) is 6.92 Å². The number of aliphatic hydroxyl groups is 1. The van der Waals surface area contributed by atoms with Gasteiger partial charge in [0.1, 0.15) is 5.56 Å². The maximum atomic E-state index is 12.4. The summed E-state index contributed by atoms with van der Waals surface area (Å²) in [5.74, 6) is -0.497. The molecule has 0 aliphatic heterocycles. The van der Waals surface area contributed by atoms with Crippen LogP contribution in [0.4, 0.5) is 0 Å². The molecule has 3 N–H and O–H groups in total. The van der Waals surface area contributed by atoms with Crippen LogP contribution in [-0.2, 0) is 6.42 Å². The Balaban J connectivity index is 1.90. The number of nitrogens with one attached hydrogen (secondary N) is 2. The van der Waals surface area contributed by atoms with Crippen molar-refractivity contribution in [1.82, 2.24) is 10.3 Å². The van der Waals surface area contributed by atoms with Crippen molar-refractivity contribution in [3.05, 3.63) is 67.5 Å². The molecule has 1 aromatic carbocycles. The zero-order chi connectivity index (χ0) is 15.9. The number of carbonyl (C=O) groups is 1. The van der Waals surface area contributed by atoms with E-state index in [0.717, 1.165) is 11.1 Å². The Kier molecular flexibility index (Phi) is 3.88. The van der Waals surface area contributed by atoms with E-state index >= 15 is 0 Å². The van der Waals surface area contributed by atoms with Gasteiger partial charge in [-0.2, -0.15) is 0 Å². The third-order valence-corrected chi connectivity index (χ3v) is 4.90. The topological polar surface area (TPSA) is 82.2 Å². The fourth-order valence-corrected chi connectivity index (χ4v) is 3.06. The molecule has 114 valence electrons. The van der Waals surface area contributed by atoms with E-state index in [-0.39, 0.29) is 11.0 Å². The Morgan fingerprint density at radius 3 is 2.91 bits per heavy atom. The smallest absolute Gasteiger partial charge is 0.257 e. The Labute approximate surface area is 135 Å². The number of aromatic nitrogens is 1. The second-order valence-corrected chi connectivity index (χ2v) is 6.18. The van der Waals surface area contributed by atoms with Crippen molar-refractivity contribution in [2.45, 2.75) is 25.5 Å². The Hall–Kier alpha value is -1.92. The van der Waals surface area contributed by atoms with Crippen LogP contribution >= 0.6 is 15.9 Å². The minimum atomic E-state index is -0.686. The molecule has 0 spiro atoms. The number of fused-ring (bicyclic) bond motifs is 1. The van der Waals surface area contributed by atoms with E-state index < -0.39 is 18.1 Å². The van der Waals surface area contributed by atoms with Gasteiger partial charge in [0.15, 0.2) is 0 Å². The Morgan fingerprint density at radius 2 is 2.14 bits per heavy atom. The minimum Gasteiger partial charge on any atom is -0.390 e. The van der Waals surface area contributed by atoms with E-state index in [2.05, 4.69) is 26.2 Å². The molecule has 0 radical (unpaired) electrons. The summed E-state index contributed by atoms with van der Waals surface area (Å²) in [4.78, 5) is 27.4. The third-order valence-electron chi connectivity index (χ3n) is 3.94. The van der Waals surface area contributed by atoms with E-state index in [0.29, 0.717) is 16.6 Å². The number of pyridine rings is 1. The van der Waals surface area contributed by atoms with Gasteiger partial charge >= 0.3 is 0 Å².